The summed E-state index contributed by atoms with van der Waals surface area (Å²) < 4.78 is 22.8. The van der Waals surface area contributed by atoms with Crippen molar-refractivity contribution in [2.24, 2.45) is 0 Å². The summed E-state index contributed by atoms with van der Waals surface area (Å²) in [5, 5.41) is 1.54. The lowest BCUT2D eigenvalue weighted by Gasteiger charge is -2.13. The van der Waals surface area contributed by atoms with Crippen LogP contribution in [0.15, 0.2) is 23.6 Å². The maximum absolute atomic E-state index is 11.9. The Morgan fingerprint density at radius 2 is 2.33 bits per heavy atom. The highest BCUT2D eigenvalue weighted by Gasteiger charge is 2.31. The van der Waals surface area contributed by atoms with Gasteiger partial charge in [0.05, 0.1) is 5.25 Å². The van der Waals surface area contributed by atoms with Gasteiger partial charge in [0.1, 0.15) is 0 Å². The fraction of sp³-hybridized carbons (Fsp3) is 0.417. The lowest BCUT2D eigenvalue weighted by atomic mass is 10.4. The predicted molar refractivity (Wildman–Crippen MR) is 73.2 cm³/mol. The van der Waals surface area contributed by atoms with Crippen LogP contribution >= 0.6 is 11.3 Å². The van der Waals surface area contributed by atoms with Gasteiger partial charge in [-0.3, -0.25) is 4.79 Å². The molecule has 1 aromatic heterocycles. The van der Waals surface area contributed by atoms with Gasteiger partial charge in [0.15, 0.2) is 9.84 Å². The van der Waals surface area contributed by atoms with E-state index in [1.807, 2.05) is 17.5 Å². The van der Waals surface area contributed by atoms with E-state index in [0.29, 0.717) is 19.5 Å². The third kappa shape index (κ3) is 3.20. The minimum absolute atomic E-state index is 0.116. The fourth-order valence-electron chi connectivity index (χ4n) is 1.92. The largest absolute Gasteiger partial charge is 0.338 e. The van der Waals surface area contributed by atoms with Crippen molar-refractivity contribution < 1.29 is 13.2 Å². The van der Waals surface area contributed by atoms with Crippen molar-refractivity contribution in [1.29, 1.82) is 0 Å². The van der Waals surface area contributed by atoms with E-state index < -0.39 is 15.1 Å². The monoisotopic (exact) mass is 285 g/mol. The fourth-order valence-corrected chi connectivity index (χ4v) is 3.53. The van der Waals surface area contributed by atoms with Crippen LogP contribution in [0.1, 0.15) is 11.3 Å². The molecule has 0 N–H and O–H groups in total. The molecular weight excluding hydrogens is 270 g/mol. The first-order chi connectivity index (χ1) is 8.47. The van der Waals surface area contributed by atoms with E-state index >= 15 is 0 Å². The minimum atomic E-state index is -3.04. The molecular formula is C12H15NO3S2. The van der Waals surface area contributed by atoms with Gasteiger partial charge < -0.3 is 4.90 Å². The van der Waals surface area contributed by atoms with Gasteiger partial charge in [-0.1, -0.05) is 6.07 Å². The Bertz CT molecular complexity index is 546. The highest BCUT2D eigenvalue weighted by molar-refractivity contribution is 7.91. The zero-order valence-corrected chi connectivity index (χ0v) is 11.7. The summed E-state index contributed by atoms with van der Waals surface area (Å²) in [4.78, 5) is 14.5. The second-order valence-corrected chi connectivity index (χ2v) is 7.68. The first-order valence-corrected chi connectivity index (χ1v) is 8.49. The molecule has 1 fully saturated rings. The Balaban J connectivity index is 1.96. The zero-order valence-electron chi connectivity index (χ0n) is 10.1. The van der Waals surface area contributed by atoms with E-state index in [1.54, 1.807) is 22.3 Å². The predicted octanol–water partition coefficient (Wildman–Crippen LogP) is 1.41. The first-order valence-electron chi connectivity index (χ1n) is 5.66. The summed E-state index contributed by atoms with van der Waals surface area (Å²) in [6, 6.07) is 3.85. The average molecular weight is 285 g/mol. The Morgan fingerprint density at radius 3 is 2.89 bits per heavy atom. The molecule has 0 unspecified atom stereocenters. The lowest BCUT2D eigenvalue weighted by molar-refractivity contribution is -0.124. The molecule has 0 aromatic carbocycles. The van der Waals surface area contributed by atoms with Crippen molar-refractivity contribution in [3.8, 4) is 0 Å². The normalized spacial score (nSPS) is 20.7. The number of sulfone groups is 1. The van der Waals surface area contributed by atoms with Crippen molar-refractivity contribution in [1.82, 2.24) is 4.90 Å². The van der Waals surface area contributed by atoms with Crippen LogP contribution in [-0.2, 0) is 14.6 Å². The maximum Gasteiger partial charge on any atom is 0.246 e. The Kier molecular flexibility index (Phi) is 3.87. The number of hydrogen-bond donors (Lipinski definition) is 0. The number of carbonyl (C=O) groups excluding carboxylic acids is 1. The Hall–Kier alpha value is -1.14. The van der Waals surface area contributed by atoms with Crippen molar-refractivity contribution in [3.63, 3.8) is 0 Å². The second kappa shape index (κ2) is 5.24. The lowest BCUT2D eigenvalue weighted by Crippen LogP contribution is -2.30. The molecule has 2 heterocycles. The summed E-state index contributed by atoms with van der Waals surface area (Å²) >= 11 is 1.56. The summed E-state index contributed by atoms with van der Waals surface area (Å²) in [7, 11) is -3.04. The molecule has 1 amide bonds. The van der Waals surface area contributed by atoms with Gasteiger partial charge in [-0.2, -0.15) is 0 Å². The highest BCUT2D eigenvalue weighted by Crippen LogP contribution is 2.17. The van der Waals surface area contributed by atoms with Gasteiger partial charge in [0.25, 0.3) is 0 Å². The van der Waals surface area contributed by atoms with Crippen LogP contribution in [0, 0.1) is 0 Å². The number of hydrogen-bond acceptors (Lipinski definition) is 4. The van der Waals surface area contributed by atoms with Crippen LogP contribution in [0.3, 0.4) is 0 Å². The molecule has 1 atom stereocenters. The molecule has 1 saturated heterocycles. The van der Waals surface area contributed by atoms with Crippen LogP contribution in [0.2, 0.25) is 0 Å². The maximum atomic E-state index is 11.9. The highest BCUT2D eigenvalue weighted by atomic mass is 32.2. The number of thiophene rings is 1. The van der Waals surface area contributed by atoms with E-state index in [9.17, 15) is 13.2 Å². The van der Waals surface area contributed by atoms with Gasteiger partial charge in [-0.05, 0) is 23.9 Å². The third-order valence-electron chi connectivity index (χ3n) is 3.00. The molecule has 6 heteroatoms. The number of rotatable bonds is 3. The van der Waals surface area contributed by atoms with Gasteiger partial charge >= 0.3 is 0 Å². The van der Waals surface area contributed by atoms with E-state index in [2.05, 4.69) is 0 Å². The van der Waals surface area contributed by atoms with Gasteiger partial charge in [0.2, 0.25) is 5.91 Å². The summed E-state index contributed by atoms with van der Waals surface area (Å²) in [6.45, 7) is 0.831. The van der Waals surface area contributed by atoms with E-state index in [-0.39, 0.29) is 5.91 Å². The molecule has 1 aliphatic heterocycles. The topological polar surface area (TPSA) is 54.5 Å². The van der Waals surface area contributed by atoms with Gasteiger partial charge in [-0.15, -0.1) is 11.3 Å². The molecule has 0 spiro atoms. The van der Waals surface area contributed by atoms with Crippen LogP contribution in [0.25, 0.3) is 6.08 Å². The quantitative estimate of drug-likeness (QED) is 0.789. The van der Waals surface area contributed by atoms with Crippen molar-refractivity contribution in [3.05, 3.63) is 28.5 Å². The van der Waals surface area contributed by atoms with Gasteiger partial charge in [-0.25, -0.2) is 8.42 Å². The minimum Gasteiger partial charge on any atom is -0.338 e. The van der Waals surface area contributed by atoms with Crippen LogP contribution in [-0.4, -0.2) is 43.8 Å². The molecule has 0 saturated carbocycles. The molecule has 1 aliphatic rings. The van der Waals surface area contributed by atoms with Crippen molar-refractivity contribution in [2.45, 2.75) is 11.7 Å². The molecule has 18 heavy (non-hydrogen) atoms. The number of nitrogens with zero attached hydrogens (tertiary/aromatic N) is 1. The first kappa shape index (κ1) is 13.3. The second-order valence-electron chi connectivity index (χ2n) is 4.37. The zero-order chi connectivity index (χ0) is 13.2. The third-order valence-corrected chi connectivity index (χ3v) is 5.43. The number of likely N-dealkylation sites (tertiary alicyclic amines) is 1. The average Bonchev–Trinajstić information content (AvgIpc) is 2.96. The van der Waals surface area contributed by atoms with Crippen molar-refractivity contribution in [2.75, 3.05) is 19.3 Å². The SMILES string of the molecule is CS(=O)(=O)[C@H]1CCN(C(=O)/C=C/c2cccs2)C1. The molecule has 0 radical (unpaired) electrons. The molecule has 4 nitrogen and oxygen atoms in total. The molecule has 2 rings (SSSR count). The van der Waals surface area contributed by atoms with Crippen LogP contribution in [0.5, 0.6) is 0 Å². The summed E-state index contributed by atoms with van der Waals surface area (Å²) in [6.07, 6.45) is 5.04. The van der Waals surface area contributed by atoms with Crippen LogP contribution < -0.4 is 0 Å². The smallest absolute Gasteiger partial charge is 0.246 e. The molecule has 0 aliphatic carbocycles. The summed E-state index contributed by atoms with van der Waals surface area (Å²) in [5.74, 6) is -0.116. The Morgan fingerprint density at radius 1 is 1.56 bits per heavy atom. The Labute approximate surface area is 111 Å². The summed E-state index contributed by atoms with van der Waals surface area (Å²) in [5.41, 5.74) is 0. The van der Waals surface area contributed by atoms with Crippen molar-refractivity contribution >= 4 is 33.2 Å². The van der Waals surface area contributed by atoms with Gasteiger partial charge in [0, 0.05) is 30.3 Å². The van der Waals surface area contributed by atoms with E-state index in [4.69, 9.17) is 0 Å². The molecule has 98 valence electrons. The number of amides is 1. The standard InChI is InChI=1S/C12H15NO3S2/c1-18(15,16)11-6-7-13(9-11)12(14)5-4-10-3-2-8-17-10/h2-5,8,11H,6-7,9H2,1H3/b5-4+/t11-/m0/s1. The number of carbonyl (C=O) groups is 1. The molecule has 1 aromatic rings. The van der Waals surface area contributed by atoms with E-state index in [0.717, 1.165) is 4.88 Å². The van der Waals surface area contributed by atoms with Crippen LogP contribution in [0.4, 0.5) is 0 Å². The van der Waals surface area contributed by atoms with E-state index in [1.165, 1.54) is 12.3 Å². The molecule has 0 bridgehead atoms.